The molecule has 0 aliphatic heterocycles. The van der Waals surface area contributed by atoms with Gasteiger partial charge in [-0.15, -0.1) is 0 Å². The van der Waals surface area contributed by atoms with E-state index >= 15 is 0 Å². The fraction of sp³-hybridized carbons (Fsp3) is 0.556. The Kier molecular flexibility index (Phi) is 7.24. The molecule has 0 saturated heterocycles. The molecule has 0 aliphatic carbocycles. The molecule has 0 bridgehead atoms. The Labute approximate surface area is 72.4 Å². The number of ether oxygens (including phenoxy) is 1. The molecule has 12 heavy (non-hydrogen) atoms. The number of hydrogen-bond donors (Lipinski definition) is 0. The zero-order chi connectivity index (χ0) is 9.23. The zero-order valence-corrected chi connectivity index (χ0v) is 7.29. The Morgan fingerprint density at radius 1 is 1.42 bits per heavy atom. The number of rotatable bonds is 6. The topological polar surface area (TPSA) is 43.4 Å². The van der Waals surface area contributed by atoms with E-state index in [0.29, 0.717) is 6.42 Å². The van der Waals surface area contributed by atoms with Crippen LogP contribution in [0.3, 0.4) is 0 Å². The first kappa shape index (κ1) is 10.9. The van der Waals surface area contributed by atoms with E-state index in [1.54, 1.807) is 6.08 Å². The predicted octanol–water partition coefficient (Wildman–Crippen LogP) is 1.47. The van der Waals surface area contributed by atoms with Crippen molar-refractivity contribution in [1.82, 2.24) is 0 Å². The van der Waals surface area contributed by atoms with E-state index in [2.05, 4.69) is 4.74 Å². The highest BCUT2D eigenvalue weighted by molar-refractivity contribution is 5.69. The fourth-order valence-corrected chi connectivity index (χ4v) is 0.785. The van der Waals surface area contributed by atoms with Gasteiger partial charge in [-0.25, -0.2) is 0 Å². The number of methoxy groups -OCH3 is 1. The third kappa shape index (κ3) is 6.99. The van der Waals surface area contributed by atoms with Crippen molar-refractivity contribution in [2.24, 2.45) is 0 Å². The van der Waals surface area contributed by atoms with Gasteiger partial charge < -0.3 is 4.74 Å². The number of hydrogen-bond acceptors (Lipinski definition) is 3. The summed E-state index contributed by atoms with van der Waals surface area (Å²) < 4.78 is 4.46. The average molecular weight is 170 g/mol. The second-order valence-corrected chi connectivity index (χ2v) is 2.39. The van der Waals surface area contributed by atoms with Gasteiger partial charge in [-0.05, 0) is 25.3 Å². The van der Waals surface area contributed by atoms with Crippen LogP contribution in [0, 0.1) is 0 Å². The van der Waals surface area contributed by atoms with Crippen molar-refractivity contribution in [1.29, 1.82) is 0 Å². The first-order valence-corrected chi connectivity index (χ1v) is 3.98. The maximum atomic E-state index is 10.6. The minimum Gasteiger partial charge on any atom is -0.469 e. The zero-order valence-electron chi connectivity index (χ0n) is 7.29. The van der Waals surface area contributed by atoms with Crippen LogP contribution in [0.4, 0.5) is 0 Å². The van der Waals surface area contributed by atoms with Crippen LogP contribution in [0.25, 0.3) is 0 Å². The molecular weight excluding hydrogens is 156 g/mol. The van der Waals surface area contributed by atoms with E-state index in [-0.39, 0.29) is 5.97 Å². The number of esters is 1. The van der Waals surface area contributed by atoms with Crippen molar-refractivity contribution < 1.29 is 14.3 Å². The minimum atomic E-state index is -0.172. The van der Waals surface area contributed by atoms with Crippen LogP contribution >= 0.6 is 0 Å². The lowest BCUT2D eigenvalue weighted by Gasteiger charge is -1.96. The number of allylic oxidation sites excluding steroid dienone is 2. The molecular formula is C9H14O3. The third-order valence-corrected chi connectivity index (χ3v) is 1.44. The van der Waals surface area contributed by atoms with Gasteiger partial charge in [-0.2, -0.15) is 0 Å². The summed E-state index contributed by atoms with van der Waals surface area (Å²) in [5, 5.41) is 0. The quantitative estimate of drug-likeness (QED) is 0.262. The highest BCUT2D eigenvalue weighted by Crippen LogP contribution is 2.01. The summed E-state index contributed by atoms with van der Waals surface area (Å²) in [4.78, 5) is 20.4. The van der Waals surface area contributed by atoms with Gasteiger partial charge in [0.1, 0.15) is 6.29 Å². The van der Waals surface area contributed by atoms with E-state index in [1.165, 1.54) is 13.2 Å². The second kappa shape index (κ2) is 7.98. The Bertz CT molecular complexity index is 161. The van der Waals surface area contributed by atoms with Crippen LogP contribution in [-0.4, -0.2) is 19.4 Å². The SMILES string of the molecule is COC(=O)CCCC/C=C\C=O. The van der Waals surface area contributed by atoms with E-state index < -0.39 is 0 Å². The minimum absolute atomic E-state index is 0.172. The Balaban J connectivity index is 3.15. The van der Waals surface area contributed by atoms with Gasteiger partial charge in [0.2, 0.25) is 0 Å². The molecule has 0 radical (unpaired) electrons. The first-order valence-electron chi connectivity index (χ1n) is 3.98. The second-order valence-electron chi connectivity index (χ2n) is 2.39. The summed E-state index contributed by atoms with van der Waals surface area (Å²) in [6.45, 7) is 0. The molecule has 0 saturated carbocycles. The maximum Gasteiger partial charge on any atom is 0.305 e. The molecule has 0 heterocycles. The van der Waals surface area contributed by atoms with Crippen LogP contribution in [0.2, 0.25) is 0 Å². The first-order chi connectivity index (χ1) is 5.81. The summed E-state index contributed by atoms with van der Waals surface area (Å²) >= 11 is 0. The lowest BCUT2D eigenvalue weighted by Crippen LogP contribution is -1.98. The van der Waals surface area contributed by atoms with E-state index in [4.69, 9.17) is 0 Å². The molecule has 3 nitrogen and oxygen atoms in total. The lowest BCUT2D eigenvalue weighted by molar-refractivity contribution is -0.140. The summed E-state index contributed by atoms with van der Waals surface area (Å²) in [5.74, 6) is -0.172. The van der Waals surface area contributed by atoms with Gasteiger partial charge in [0.15, 0.2) is 0 Å². The number of unbranched alkanes of at least 4 members (excludes halogenated alkanes) is 2. The van der Waals surface area contributed by atoms with Gasteiger partial charge in [-0.3, -0.25) is 9.59 Å². The summed E-state index contributed by atoms with van der Waals surface area (Å²) in [7, 11) is 1.38. The van der Waals surface area contributed by atoms with Crippen LogP contribution in [0.5, 0.6) is 0 Å². The van der Waals surface area contributed by atoms with Gasteiger partial charge in [0, 0.05) is 6.42 Å². The highest BCUT2D eigenvalue weighted by atomic mass is 16.5. The molecule has 0 spiro atoms. The molecule has 0 aromatic rings. The predicted molar refractivity (Wildman–Crippen MR) is 45.7 cm³/mol. The van der Waals surface area contributed by atoms with Crippen molar-refractivity contribution in [3.63, 3.8) is 0 Å². The van der Waals surface area contributed by atoms with Gasteiger partial charge in [0.05, 0.1) is 7.11 Å². The highest BCUT2D eigenvalue weighted by Gasteiger charge is 1.97. The van der Waals surface area contributed by atoms with E-state index in [9.17, 15) is 9.59 Å². The largest absolute Gasteiger partial charge is 0.469 e. The fourth-order valence-electron chi connectivity index (χ4n) is 0.785. The molecule has 0 rings (SSSR count). The van der Waals surface area contributed by atoms with Crippen molar-refractivity contribution in [3.8, 4) is 0 Å². The monoisotopic (exact) mass is 170 g/mol. The maximum absolute atomic E-state index is 10.6. The van der Waals surface area contributed by atoms with Crippen LogP contribution in [-0.2, 0) is 14.3 Å². The molecule has 0 aromatic carbocycles. The summed E-state index contributed by atoms with van der Waals surface area (Å²) in [5.41, 5.74) is 0. The van der Waals surface area contributed by atoms with Crippen LogP contribution in [0.1, 0.15) is 25.7 Å². The number of aldehydes is 1. The van der Waals surface area contributed by atoms with Crippen molar-refractivity contribution in [3.05, 3.63) is 12.2 Å². The third-order valence-electron chi connectivity index (χ3n) is 1.44. The van der Waals surface area contributed by atoms with E-state index in [0.717, 1.165) is 25.5 Å². The van der Waals surface area contributed by atoms with Gasteiger partial charge >= 0.3 is 5.97 Å². The lowest BCUT2D eigenvalue weighted by atomic mass is 10.2. The average Bonchev–Trinajstić information content (AvgIpc) is 2.10. The Hall–Kier alpha value is -1.12. The van der Waals surface area contributed by atoms with Crippen molar-refractivity contribution in [2.75, 3.05) is 7.11 Å². The molecule has 0 unspecified atom stereocenters. The van der Waals surface area contributed by atoms with Gasteiger partial charge in [0.25, 0.3) is 0 Å². The van der Waals surface area contributed by atoms with Crippen molar-refractivity contribution in [2.45, 2.75) is 25.7 Å². The van der Waals surface area contributed by atoms with Crippen molar-refractivity contribution >= 4 is 12.3 Å². The summed E-state index contributed by atoms with van der Waals surface area (Å²) in [6.07, 6.45) is 7.05. The molecule has 3 heteroatoms. The normalized spacial score (nSPS) is 10.1. The summed E-state index contributed by atoms with van der Waals surface area (Å²) in [6, 6.07) is 0. The standard InChI is InChI=1S/C9H14O3/c1-12-9(11)7-5-3-2-4-6-8-10/h4,6,8H,2-3,5,7H2,1H3/b6-4-. The molecule has 0 fully saturated rings. The molecule has 0 aliphatic rings. The van der Waals surface area contributed by atoms with Crippen LogP contribution in [0.15, 0.2) is 12.2 Å². The molecule has 0 aromatic heterocycles. The van der Waals surface area contributed by atoms with E-state index in [1.807, 2.05) is 0 Å². The molecule has 68 valence electrons. The Morgan fingerprint density at radius 3 is 2.75 bits per heavy atom. The number of carbonyl (C=O) groups excluding carboxylic acids is 2. The Morgan fingerprint density at radius 2 is 2.17 bits per heavy atom. The van der Waals surface area contributed by atoms with Gasteiger partial charge in [-0.1, -0.05) is 6.08 Å². The van der Waals surface area contributed by atoms with Crippen LogP contribution < -0.4 is 0 Å². The molecule has 0 amide bonds. The smallest absolute Gasteiger partial charge is 0.305 e. The number of carbonyl (C=O) groups is 2. The molecule has 0 atom stereocenters. The molecule has 0 N–H and O–H groups in total.